The van der Waals surface area contributed by atoms with E-state index in [0.717, 1.165) is 24.3 Å². The molecule has 1 aromatic carbocycles. The molecule has 0 aromatic heterocycles. The summed E-state index contributed by atoms with van der Waals surface area (Å²) < 4.78 is 5.16. The van der Waals surface area contributed by atoms with E-state index in [9.17, 15) is 4.79 Å². The van der Waals surface area contributed by atoms with Crippen molar-refractivity contribution in [2.24, 2.45) is 0 Å². The number of hydrogen-bond donors (Lipinski definition) is 1. The Labute approximate surface area is 143 Å². The number of benzene rings is 1. The molecule has 1 aromatic rings. The van der Waals surface area contributed by atoms with Gasteiger partial charge >= 0.3 is 0 Å². The van der Waals surface area contributed by atoms with Crippen molar-refractivity contribution in [3.8, 4) is 5.75 Å². The number of ether oxygens (including phenoxy) is 1. The van der Waals surface area contributed by atoms with Crippen LogP contribution < -0.4 is 10.1 Å². The molecule has 2 heterocycles. The Kier molecular flexibility index (Phi) is 5.49. The van der Waals surface area contributed by atoms with Gasteiger partial charge in [-0.3, -0.25) is 4.79 Å². The van der Waals surface area contributed by atoms with Crippen LogP contribution in [-0.4, -0.2) is 48.8 Å². The average Bonchev–Trinajstić information content (AvgIpc) is 2.92. The highest BCUT2D eigenvalue weighted by atomic mass is 32.2. The summed E-state index contributed by atoms with van der Waals surface area (Å²) in [6.07, 6.45) is 5.38. The molecular weight excluding hydrogens is 308 g/mol. The third-order valence-corrected chi connectivity index (χ3v) is 6.05. The molecule has 0 radical (unpaired) electrons. The van der Waals surface area contributed by atoms with Crippen molar-refractivity contribution in [2.75, 3.05) is 19.9 Å². The summed E-state index contributed by atoms with van der Waals surface area (Å²) >= 11 is 1.73. The molecule has 0 saturated carbocycles. The van der Waals surface area contributed by atoms with Gasteiger partial charge in [0.25, 0.3) is 0 Å². The Hall–Kier alpha value is -1.20. The second-order valence-electron chi connectivity index (χ2n) is 6.54. The van der Waals surface area contributed by atoms with Gasteiger partial charge in [0.2, 0.25) is 5.91 Å². The molecule has 126 valence electrons. The van der Waals surface area contributed by atoms with Gasteiger partial charge in [0.15, 0.2) is 0 Å². The first-order valence-electron chi connectivity index (χ1n) is 8.44. The maximum atomic E-state index is 12.4. The van der Waals surface area contributed by atoms with E-state index >= 15 is 0 Å². The highest BCUT2D eigenvalue weighted by molar-refractivity contribution is 7.99. The van der Waals surface area contributed by atoms with E-state index in [0.29, 0.717) is 24.5 Å². The Balaban J connectivity index is 1.43. The van der Waals surface area contributed by atoms with Crippen molar-refractivity contribution in [3.63, 3.8) is 0 Å². The minimum Gasteiger partial charge on any atom is -0.497 e. The Morgan fingerprint density at radius 2 is 1.91 bits per heavy atom. The van der Waals surface area contributed by atoms with E-state index < -0.39 is 0 Å². The number of hydrogen-bond acceptors (Lipinski definition) is 4. The van der Waals surface area contributed by atoms with Gasteiger partial charge in [-0.05, 0) is 49.9 Å². The van der Waals surface area contributed by atoms with Gasteiger partial charge in [0.1, 0.15) is 5.75 Å². The van der Waals surface area contributed by atoms with Crippen molar-refractivity contribution < 1.29 is 9.53 Å². The number of fused-ring (bicyclic) bond motifs is 2. The van der Waals surface area contributed by atoms with E-state index in [1.54, 1.807) is 18.9 Å². The quantitative estimate of drug-likeness (QED) is 0.812. The highest BCUT2D eigenvalue weighted by Crippen LogP contribution is 2.29. The van der Waals surface area contributed by atoms with Crippen molar-refractivity contribution in [2.45, 2.75) is 55.1 Å². The fourth-order valence-corrected chi connectivity index (χ4v) is 4.49. The third-order valence-electron chi connectivity index (χ3n) is 5.03. The molecule has 2 bridgehead atoms. The predicted molar refractivity (Wildman–Crippen MR) is 94.1 cm³/mol. The summed E-state index contributed by atoms with van der Waals surface area (Å²) in [5.74, 6) is 1.97. The van der Waals surface area contributed by atoms with Gasteiger partial charge in [-0.15, -0.1) is 11.8 Å². The molecule has 4 nitrogen and oxygen atoms in total. The molecular formula is C18H26N2O2S. The molecule has 2 aliphatic rings. The Morgan fingerprint density at radius 3 is 2.52 bits per heavy atom. The van der Waals surface area contributed by atoms with Crippen LogP contribution in [0.2, 0.25) is 0 Å². The minimum atomic E-state index is 0.275. The number of nitrogens with zero attached hydrogens (tertiary/aromatic N) is 1. The summed E-state index contributed by atoms with van der Waals surface area (Å²) in [5.41, 5.74) is 0. The summed E-state index contributed by atoms with van der Waals surface area (Å²) in [6, 6.07) is 9.68. The Bertz CT molecular complexity index is 522. The van der Waals surface area contributed by atoms with Gasteiger partial charge in [0.05, 0.1) is 7.11 Å². The molecule has 2 fully saturated rings. The molecule has 2 aliphatic heterocycles. The van der Waals surface area contributed by atoms with Crippen LogP contribution >= 0.6 is 11.8 Å². The molecule has 2 unspecified atom stereocenters. The molecule has 1 amide bonds. The van der Waals surface area contributed by atoms with Crippen molar-refractivity contribution in [3.05, 3.63) is 24.3 Å². The number of carbonyl (C=O) groups excluding carboxylic acids is 1. The largest absolute Gasteiger partial charge is 0.497 e. The van der Waals surface area contributed by atoms with Gasteiger partial charge < -0.3 is 15.0 Å². The zero-order valence-corrected chi connectivity index (χ0v) is 14.8. The molecule has 23 heavy (non-hydrogen) atoms. The fourth-order valence-electron chi connectivity index (χ4n) is 3.65. The lowest BCUT2D eigenvalue weighted by Gasteiger charge is -2.35. The summed E-state index contributed by atoms with van der Waals surface area (Å²) in [5, 5.41) is 3.64. The molecule has 1 N–H and O–H groups in total. The van der Waals surface area contributed by atoms with Crippen LogP contribution in [-0.2, 0) is 4.79 Å². The zero-order valence-electron chi connectivity index (χ0n) is 14.0. The molecule has 3 rings (SSSR count). The Morgan fingerprint density at radius 1 is 1.26 bits per heavy atom. The number of carbonyl (C=O) groups is 1. The van der Waals surface area contributed by atoms with Crippen molar-refractivity contribution in [1.29, 1.82) is 0 Å². The van der Waals surface area contributed by atoms with Crippen LogP contribution in [0.3, 0.4) is 0 Å². The van der Waals surface area contributed by atoms with E-state index in [1.165, 1.54) is 17.7 Å². The predicted octanol–water partition coefficient (Wildman–Crippen LogP) is 2.92. The summed E-state index contributed by atoms with van der Waals surface area (Å²) in [7, 11) is 3.65. The average molecular weight is 334 g/mol. The second-order valence-corrected chi connectivity index (χ2v) is 7.71. The van der Waals surface area contributed by atoms with E-state index in [1.807, 2.05) is 36.2 Å². The monoisotopic (exact) mass is 334 g/mol. The van der Waals surface area contributed by atoms with Gasteiger partial charge in [-0.2, -0.15) is 0 Å². The number of rotatable bonds is 6. The first kappa shape index (κ1) is 16.7. The molecule has 2 atom stereocenters. The first-order valence-corrected chi connectivity index (χ1v) is 9.43. The van der Waals surface area contributed by atoms with Crippen molar-refractivity contribution >= 4 is 17.7 Å². The normalized spacial score (nSPS) is 26.1. The van der Waals surface area contributed by atoms with Gasteiger partial charge in [0, 0.05) is 42.2 Å². The zero-order chi connectivity index (χ0) is 16.2. The maximum Gasteiger partial charge on any atom is 0.223 e. The number of thioether (sulfide) groups is 1. The van der Waals surface area contributed by atoms with E-state index in [-0.39, 0.29) is 5.91 Å². The van der Waals surface area contributed by atoms with E-state index in [4.69, 9.17) is 4.74 Å². The number of methoxy groups -OCH3 is 1. The molecule has 2 saturated heterocycles. The lowest BCUT2D eigenvalue weighted by Crippen LogP contribution is -2.48. The van der Waals surface area contributed by atoms with Crippen LogP contribution in [0.4, 0.5) is 0 Å². The molecule has 0 spiro atoms. The van der Waals surface area contributed by atoms with Crippen LogP contribution in [0, 0.1) is 0 Å². The molecule has 5 heteroatoms. The van der Waals surface area contributed by atoms with Gasteiger partial charge in [-0.1, -0.05) is 0 Å². The number of amides is 1. The second kappa shape index (κ2) is 7.58. The van der Waals surface area contributed by atoms with Crippen LogP contribution in [0.1, 0.15) is 32.1 Å². The van der Waals surface area contributed by atoms with Crippen molar-refractivity contribution in [1.82, 2.24) is 10.2 Å². The first-order chi connectivity index (χ1) is 11.2. The summed E-state index contributed by atoms with van der Waals surface area (Å²) in [4.78, 5) is 15.6. The third kappa shape index (κ3) is 4.21. The number of piperidine rings is 1. The smallest absolute Gasteiger partial charge is 0.223 e. The van der Waals surface area contributed by atoms with Crippen LogP contribution in [0.5, 0.6) is 5.75 Å². The topological polar surface area (TPSA) is 41.6 Å². The lowest BCUT2D eigenvalue weighted by molar-refractivity contribution is -0.132. The maximum absolute atomic E-state index is 12.4. The van der Waals surface area contributed by atoms with E-state index in [2.05, 4.69) is 5.32 Å². The fraction of sp³-hybridized carbons (Fsp3) is 0.611. The minimum absolute atomic E-state index is 0.275. The molecule has 0 aliphatic carbocycles. The highest BCUT2D eigenvalue weighted by Gasteiger charge is 2.36. The van der Waals surface area contributed by atoms with Crippen LogP contribution in [0.15, 0.2) is 29.2 Å². The summed E-state index contributed by atoms with van der Waals surface area (Å²) in [6.45, 7) is 0. The number of nitrogens with one attached hydrogen (secondary N) is 1. The van der Waals surface area contributed by atoms with Gasteiger partial charge in [-0.25, -0.2) is 0 Å². The van der Waals surface area contributed by atoms with Crippen LogP contribution in [0.25, 0.3) is 0 Å². The SMILES string of the molecule is COc1ccc(SCCC(=O)N(C)C2CC3CCC(C2)N3)cc1. The standard InChI is InChI=1S/C18H26N2O2S/c1-20(15-11-13-3-4-14(12-15)19-13)18(21)9-10-23-17-7-5-16(22-2)6-8-17/h5-8,13-15,19H,3-4,9-12H2,1-2H3. The lowest BCUT2D eigenvalue weighted by atomic mass is 9.98.